The van der Waals surface area contributed by atoms with E-state index in [4.69, 9.17) is 0 Å². The lowest BCUT2D eigenvalue weighted by molar-refractivity contribution is 0.681. The van der Waals surface area contributed by atoms with Crippen molar-refractivity contribution < 1.29 is 0 Å². The third-order valence-corrected chi connectivity index (χ3v) is 3.54. The standard InChI is InChI=1S/C13H16N2.C2H6/c1-2-10-11-6-4-3-5-9(11)7-13-12(10)8-14-15-13;1-2/h7-8H,2-6H2,1H3,(H,14,15);1-2H3. The van der Waals surface area contributed by atoms with E-state index < -0.39 is 0 Å². The zero-order valence-electron chi connectivity index (χ0n) is 11.1. The van der Waals surface area contributed by atoms with Gasteiger partial charge in [-0.1, -0.05) is 20.8 Å². The average Bonchev–Trinajstić information content (AvgIpc) is 2.86. The van der Waals surface area contributed by atoms with Gasteiger partial charge in [0.25, 0.3) is 0 Å². The van der Waals surface area contributed by atoms with E-state index in [9.17, 15) is 0 Å². The second kappa shape index (κ2) is 5.35. The molecular weight excluding hydrogens is 208 g/mol. The molecule has 17 heavy (non-hydrogen) atoms. The number of nitrogens with zero attached hydrogens (tertiary/aromatic N) is 1. The van der Waals surface area contributed by atoms with Gasteiger partial charge in [0, 0.05) is 5.39 Å². The van der Waals surface area contributed by atoms with Gasteiger partial charge in [0.1, 0.15) is 0 Å². The third kappa shape index (κ3) is 2.08. The van der Waals surface area contributed by atoms with Gasteiger partial charge < -0.3 is 0 Å². The molecule has 92 valence electrons. The molecule has 1 N–H and O–H groups in total. The van der Waals surface area contributed by atoms with E-state index in [2.05, 4.69) is 23.2 Å². The number of aromatic nitrogens is 2. The summed E-state index contributed by atoms with van der Waals surface area (Å²) in [6.45, 7) is 6.25. The minimum Gasteiger partial charge on any atom is -0.278 e. The Morgan fingerprint density at radius 3 is 2.76 bits per heavy atom. The molecule has 0 aliphatic heterocycles. The number of nitrogens with one attached hydrogen (secondary N) is 1. The molecule has 1 aliphatic rings. The first-order valence-electron chi connectivity index (χ1n) is 6.87. The Labute approximate surface area is 103 Å². The van der Waals surface area contributed by atoms with Crippen LogP contribution >= 0.6 is 0 Å². The summed E-state index contributed by atoms with van der Waals surface area (Å²) in [5, 5.41) is 8.58. The van der Waals surface area contributed by atoms with Crippen LogP contribution in [0.4, 0.5) is 0 Å². The summed E-state index contributed by atoms with van der Waals surface area (Å²) in [6, 6.07) is 2.30. The van der Waals surface area contributed by atoms with Gasteiger partial charge in [-0.25, -0.2) is 0 Å². The van der Waals surface area contributed by atoms with Gasteiger partial charge in [-0.05, 0) is 54.9 Å². The second-order valence-electron chi connectivity index (χ2n) is 4.38. The normalized spacial score (nSPS) is 14.1. The molecule has 0 saturated carbocycles. The maximum Gasteiger partial charge on any atom is 0.0656 e. The van der Waals surface area contributed by atoms with Gasteiger partial charge in [0.2, 0.25) is 0 Å². The van der Waals surface area contributed by atoms with Crippen LogP contribution in [-0.4, -0.2) is 10.2 Å². The van der Waals surface area contributed by atoms with E-state index >= 15 is 0 Å². The first-order chi connectivity index (χ1) is 8.40. The molecule has 1 aliphatic carbocycles. The molecular formula is C15H22N2. The SMILES string of the molecule is CC.CCc1c2c(cc3[nH]ncc13)CCCC2. The molecule has 0 saturated heterocycles. The van der Waals surface area contributed by atoms with Crippen molar-refractivity contribution in [3.8, 4) is 0 Å². The van der Waals surface area contributed by atoms with Crippen molar-refractivity contribution in [2.75, 3.05) is 0 Å². The summed E-state index contributed by atoms with van der Waals surface area (Å²) in [6.07, 6.45) is 8.30. The number of rotatable bonds is 1. The van der Waals surface area contributed by atoms with Crippen molar-refractivity contribution in [3.05, 3.63) is 29.0 Å². The van der Waals surface area contributed by atoms with Crippen molar-refractivity contribution in [3.63, 3.8) is 0 Å². The lowest BCUT2D eigenvalue weighted by Gasteiger charge is -2.19. The number of hydrogen-bond acceptors (Lipinski definition) is 1. The van der Waals surface area contributed by atoms with Crippen LogP contribution in [-0.2, 0) is 19.3 Å². The molecule has 1 heterocycles. The quantitative estimate of drug-likeness (QED) is 0.787. The van der Waals surface area contributed by atoms with E-state index in [1.165, 1.54) is 42.1 Å². The fraction of sp³-hybridized carbons (Fsp3) is 0.533. The molecule has 1 aromatic carbocycles. The van der Waals surface area contributed by atoms with Gasteiger partial charge in [0.15, 0.2) is 0 Å². The first kappa shape index (κ1) is 12.2. The van der Waals surface area contributed by atoms with Crippen molar-refractivity contribution >= 4 is 10.9 Å². The smallest absolute Gasteiger partial charge is 0.0656 e. The van der Waals surface area contributed by atoms with Crippen LogP contribution in [0.5, 0.6) is 0 Å². The van der Waals surface area contributed by atoms with Gasteiger partial charge in [0.05, 0.1) is 11.7 Å². The molecule has 2 heteroatoms. The summed E-state index contributed by atoms with van der Waals surface area (Å²) in [7, 11) is 0. The summed E-state index contributed by atoms with van der Waals surface area (Å²) in [4.78, 5) is 0. The molecule has 3 rings (SSSR count). The highest BCUT2D eigenvalue weighted by atomic mass is 15.1. The van der Waals surface area contributed by atoms with E-state index in [1.54, 1.807) is 11.1 Å². The number of aromatic amines is 1. The average molecular weight is 230 g/mol. The summed E-state index contributed by atoms with van der Waals surface area (Å²) >= 11 is 0. The molecule has 0 spiro atoms. The van der Waals surface area contributed by atoms with Crippen LogP contribution in [0, 0.1) is 0 Å². The lowest BCUT2D eigenvalue weighted by Crippen LogP contribution is -2.06. The largest absolute Gasteiger partial charge is 0.278 e. The summed E-state index contributed by atoms with van der Waals surface area (Å²) in [5.41, 5.74) is 5.90. The minimum atomic E-state index is 1.12. The molecule has 2 nitrogen and oxygen atoms in total. The first-order valence-corrected chi connectivity index (χ1v) is 6.87. The Morgan fingerprint density at radius 2 is 2.00 bits per heavy atom. The topological polar surface area (TPSA) is 28.7 Å². The Bertz CT molecular complexity index is 497. The second-order valence-corrected chi connectivity index (χ2v) is 4.38. The molecule has 0 bridgehead atoms. The predicted molar refractivity (Wildman–Crippen MR) is 73.5 cm³/mol. The van der Waals surface area contributed by atoms with Crippen LogP contribution in [0.2, 0.25) is 0 Å². The van der Waals surface area contributed by atoms with E-state index in [0.717, 1.165) is 6.42 Å². The van der Waals surface area contributed by atoms with Crippen LogP contribution in [0.1, 0.15) is 50.3 Å². The molecule has 0 fully saturated rings. The minimum absolute atomic E-state index is 1.12. The van der Waals surface area contributed by atoms with Crippen molar-refractivity contribution in [2.24, 2.45) is 0 Å². The van der Waals surface area contributed by atoms with Gasteiger partial charge >= 0.3 is 0 Å². The van der Waals surface area contributed by atoms with Crippen molar-refractivity contribution in [1.29, 1.82) is 0 Å². The predicted octanol–water partition coefficient (Wildman–Crippen LogP) is 4.03. The Balaban J connectivity index is 0.000000514. The van der Waals surface area contributed by atoms with Crippen LogP contribution in [0.3, 0.4) is 0 Å². The summed E-state index contributed by atoms with van der Waals surface area (Å²) < 4.78 is 0. The lowest BCUT2D eigenvalue weighted by atomic mass is 9.86. The van der Waals surface area contributed by atoms with Crippen LogP contribution in [0.15, 0.2) is 12.3 Å². The van der Waals surface area contributed by atoms with Crippen LogP contribution in [0.25, 0.3) is 10.9 Å². The fourth-order valence-electron chi connectivity index (χ4n) is 2.82. The van der Waals surface area contributed by atoms with Gasteiger partial charge in [-0.3, -0.25) is 5.10 Å². The molecule has 0 amide bonds. The monoisotopic (exact) mass is 230 g/mol. The molecule has 0 unspecified atom stereocenters. The molecule has 0 radical (unpaired) electrons. The van der Waals surface area contributed by atoms with Crippen LogP contribution < -0.4 is 0 Å². The highest BCUT2D eigenvalue weighted by Crippen LogP contribution is 2.30. The fourth-order valence-corrected chi connectivity index (χ4v) is 2.82. The zero-order chi connectivity index (χ0) is 12.3. The Morgan fingerprint density at radius 1 is 1.24 bits per heavy atom. The van der Waals surface area contributed by atoms with E-state index in [-0.39, 0.29) is 0 Å². The Kier molecular flexibility index (Phi) is 3.82. The Hall–Kier alpha value is -1.31. The highest BCUT2D eigenvalue weighted by Gasteiger charge is 2.15. The highest BCUT2D eigenvalue weighted by molar-refractivity contribution is 5.84. The van der Waals surface area contributed by atoms with Gasteiger partial charge in [-0.2, -0.15) is 5.10 Å². The van der Waals surface area contributed by atoms with E-state index in [1.807, 2.05) is 20.0 Å². The summed E-state index contributed by atoms with van der Waals surface area (Å²) in [5.74, 6) is 0. The number of aryl methyl sites for hydroxylation is 2. The van der Waals surface area contributed by atoms with Crippen molar-refractivity contribution in [2.45, 2.75) is 52.9 Å². The van der Waals surface area contributed by atoms with Gasteiger partial charge in [-0.15, -0.1) is 0 Å². The number of benzene rings is 1. The maximum absolute atomic E-state index is 4.16. The number of fused-ring (bicyclic) bond motifs is 2. The third-order valence-electron chi connectivity index (χ3n) is 3.54. The molecule has 1 aromatic heterocycles. The number of H-pyrrole nitrogens is 1. The maximum atomic E-state index is 4.16. The number of hydrogen-bond donors (Lipinski definition) is 1. The molecule has 0 atom stereocenters. The van der Waals surface area contributed by atoms with Crippen molar-refractivity contribution in [1.82, 2.24) is 10.2 Å². The molecule has 2 aromatic rings. The van der Waals surface area contributed by atoms with E-state index in [0.29, 0.717) is 0 Å². The zero-order valence-corrected chi connectivity index (χ0v) is 11.1.